The average molecular weight is 297 g/mol. The van der Waals surface area contributed by atoms with E-state index in [1.165, 1.54) is 18.3 Å². The third-order valence-corrected chi connectivity index (χ3v) is 2.75. The molecule has 2 aromatic carbocycles. The zero-order valence-electron chi connectivity index (χ0n) is 11.9. The van der Waals surface area contributed by atoms with Crippen molar-refractivity contribution in [3.63, 3.8) is 0 Å². The summed E-state index contributed by atoms with van der Waals surface area (Å²) in [6.07, 6.45) is 1.37. The molecule has 0 aliphatic rings. The SMILES string of the molecule is Cc1cccc(NC(=O)C(=O)N/N=C\c2ccc(O)cc2)c1. The van der Waals surface area contributed by atoms with Gasteiger partial charge in [0.25, 0.3) is 0 Å². The third kappa shape index (κ3) is 4.45. The number of aryl methyl sites for hydroxylation is 1. The number of amides is 2. The van der Waals surface area contributed by atoms with Crippen LogP contribution in [0, 0.1) is 6.92 Å². The van der Waals surface area contributed by atoms with E-state index in [1.807, 2.05) is 13.0 Å². The molecular formula is C16H15N3O3. The van der Waals surface area contributed by atoms with Gasteiger partial charge in [-0.3, -0.25) is 9.59 Å². The molecule has 6 heteroatoms. The number of aromatic hydroxyl groups is 1. The van der Waals surface area contributed by atoms with E-state index in [0.29, 0.717) is 11.3 Å². The van der Waals surface area contributed by atoms with Crippen LogP contribution < -0.4 is 10.7 Å². The first-order valence-electron chi connectivity index (χ1n) is 6.55. The van der Waals surface area contributed by atoms with Crippen molar-refractivity contribution in [2.45, 2.75) is 6.92 Å². The summed E-state index contributed by atoms with van der Waals surface area (Å²) < 4.78 is 0. The van der Waals surface area contributed by atoms with Gasteiger partial charge in [-0.1, -0.05) is 12.1 Å². The maximum Gasteiger partial charge on any atom is 0.329 e. The molecule has 0 heterocycles. The van der Waals surface area contributed by atoms with Gasteiger partial charge in [-0.25, -0.2) is 5.43 Å². The summed E-state index contributed by atoms with van der Waals surface area (Å²) in [4.78, 5) is 23.3. The summed E-state index contributed by atoms with van der Waals surface area (Å²) in [5.41, 5.74) is 4.33. The number of nitrogens with zero attached hydrogens (tertiary/aromatic N) is 1. The fraction of sp³-hybridized carbons (Fsp3) is 0.0625. The van der Waals surface area contributed by atoms with Crippen molar-refractivity contribution >= 4 is 23.7 Å². The zero-order chi connectivity index (χ0) is 15.9. The van der Waals surface area contributed by atoms with Crippen LogP contribution in [0.3, 0.4) is 0 Å². The van der Waals surface area contributed by atoms with Crippen molar-refractivity contribution in [1.82, 2.24) is 5.43 Å². The summed E-state index contributed by atoms with van der Waals surface area (Å²) in [7, 11) is 0. The van der Waals surface area contributed by atoms with Crippen LogP contribution in [-0.4, -0.2) is 23.1 Å². The van der Waals surface area contributed by atoms with Crippen molar-refractivity contribution in [3.8, 4) is 5.75 Å². The van der Waals surface area contributed by atoms with E-state index in [9.17, 15) is 9.59 Å². The number of hydrogen-bond acceptors (Lipinski definition) is 4. The van der Waals surface area contributed by atoms with E-state index >= 15 is 0 Å². The normalized spacial score (nSPS) is 10.4. The molecule has 0 fully saturated rings. The number of phenols is 1. The standard InChI is InChI=1S/C16H15N3O3/c1-11-3-2-4-13(9-11)18-15(21)16(22)19-17-10-12-5-7-14(20)8-6-12/h2-10,20H,1H3,(H,18,21)(H,19,22)/b17-10-. The minimum atomic E-state index is -0.864. The number of carbonyl (C=O) groups is 2. The Morgan fingerprint density at radius 2 is 1.82 bits per heavy atom. The molecule has 22 heavy (non-hydrogen) atoms. The lowest BCUT2D eigenvalue weighted by Crippen LogP contribution is -2.32. The average Bonchev–Trinajstić information content (AvgIpc) is 2.49. The molecule has 3 N–H and O–H groups in total. The Hall–Kier alpha value is -3.15. The molecule has 0 bridgehead atoms. The molecule has 0 saturated heterocycles. The van der Waals surface area contributed by atoms with Gasteiger partial charge in [0.2, 0.25) is 0 Å². The van der Waals surface area contributed by atoms with Gasteiger partial charge in [0.15, 0.2) is 0 Å². The number of anilines is 1. The number of benzene rings is 2. The smallest absolute Gasteiger partial charge is 0.329 e. The highest BCUT2D eigenvalue weighted by atomic mass is 16.3. The summed E-state index contributed by atoms with van der Waals surface area (Å²) in [6, 6.07) is 13.4. The Morgan fingerprint density at radius 3 is 2.50 bits per heavy atom. The highest BCUT2D eigenvalue weighted by Gasteiger charge is 2.12. The minimum absolute atomic E-state index is 0.138. The highest BCUT2D eigenvalue weighted by molar-refractivity contribution is 6.39. The van der Waals surface area contributed by atoms with Crippen molar-refractivity contribution in [3.05, 3.63) is 59.7 Å². The van der Waals surface area contributed by atoms with Gasteiger partial charge in [-0.2, -0.15) is 5.10 Å². The maximum absolute atomic E-state index is 11.7. The predicted molar refractivity (Wildman–Crippen MR) is 83.7 cm³/mol. The molecular weight excluding hydrogens is 282 g/mol. The quantitative estimate of drug-likeness (QED) is 0.458. The molecule has 0 aliphatic carbocycles. The molecule has 0 aromatic heterocycles. The van der Waals surface area contributed by atoms with Crippen LogP contribution in [0.4, 0.5) is 5.69 Å². The Balaban J connectivity index is 1.89. The van der Waals surface area contributed by atoms with E-state index in [4.69, 9.17) is 5.11 Å². The fourth-order valence-corrected chi connectivity index (χ4v) is 1.69. The molecule has 0 unspecified atom stereocenters. The van der Waals surface area contributed by atoms with Gasteiger partial charge in [0.05, 0.1) is 6.21 Å². The maximum atomic E-state index is 11.7. The van der Waals surface area contributed by atoms with E-state index in [0.717, 1.165) is 5.56 Å². The van der Waals surface area contributed by atoms with E-state index in [1.54, 1.807) is 30.3 Å². The first-order valence-corrected chi connectivity index (χ1v) is 6.55. The lowest BCUT2D eigenvalue weighted by Gasteiger charge is -2.04. The Kier molecular flexibility index (Phi) is 4.87. The third-order valence-electron chi connectivity index (χ3n) is 2.75. The number of carbonyl (C=O) groups excluding carboxylic acids is 2. The van der Waals surface area contributed by atoms with Crippen LogP contribution in [0.15, 0.2) is 53.6 Å². The molecule has 2 rings (SSSR count). The van der Waals surface area contributed by atoms with Crippen LogP contribution in [0.1, 0.15) is 11.1 Å². The molecule has 0 radical (unpaired) electrons. The topological polar surface area (TPSA) is 90.8 Å². The largest absolute Gasteiger partial charge is 0.508 e. The first-order chi connectivity index (χ1) is 10.5. The molecule has 2 aromatic rings. The van der Waals surface area contributed by atoms with Crippen LogP contribution in [0.5, 0.6) is 5.75 Å². The monoisotopic (exact) mass is 297 g/mol. The summed E-state index contributed by atoms with van der Waals surface area (Å²) in [6.45, 7) is 1.89. The van der Waals surface area contributed by atoms with Crippen molar-refractivity contribution in [2.75, 3.05) is 5.32 Å². The molecule has 6 nitrogen and oxygen atoms in total. The first kappa shape index (κ1) is 15.2. The highest BCUT2D eigenvalue weighted by Crippen LogP contribution is 2.09. The number of phenolic OH excluding ortho intramolecular Hbond substituents is 1. The summed E-state index contributed by atoms with van der Waals surface area (Å²) in [5, 5.41) is 15.3. The summed E-state index contributed by atoms with van der Waals surface area (Å²) >= 11 is 0. The Morgan fingerprint density at radius 1 is 1.09 bits per heavy atom. The van der Waals surface area contributed by atoms with Crippen molar-refractivity contribution < 1.29 is 14.7 Å². The van der Waals surface area contributed by atoms with Crippen LogP contribution in [-0.2, 0) is 9.59 Å². The van der Waals surface area contributed by atoms with Crippen molar-refractivity contribution in [1.29, 1.82) is 0 Å². The van der Waals surface area contributed by atoms with Gasteiger partial charge < -0.3 is 10.4 Å². The van der Waals surface area contributed by atoms with Crippen LogP contribution >= 0.6 is 0 Å². The van der Waals surface area contributed by atoms with Crippen LogP contribution in [0.2, 0.25) is 0 Å². The Bertz CT molecular complexity index is 709. The lowest BCUT2D eigenvalue weighted by atomic mass is 10.2. The van der Waals surface area contributed by atoms with Crippen LogP contribution in [0.25, 0.3) is 0 Å². The predicted octanol–water partition coefficient (Wildman–Crippen LogP) is 1.79. The second-order valence-corrected chi connectivity index (χ2v) is 4.61. The molecule has 0 saturated carbocycles. The zero-order valence-corrected chi connectivity index (χ0v) is 11.9. The van der Waals surface area contributed by atoms with Gasteiger partial charge in [-0.05, 0) is 54.4 Å². The van der Waals surface area contributed by atoms with Gasteiger partial charge in [0, 0.05) is 5.69 Å². The van der Waals surface area contributed by atoms with Crippen molar-refractivity contribution in [2.24, 2.45) is 5.10 Å². The second-order valence-electron chi connectivity index (χ2n) is 4.61. The molecule has 2 amide bonds. The number of hydrogen-bond donors (Lipinski definition) is 3. The number of rotatable bonds is 3. The van der Waals surface area contributed by atoms with E-state index < -0.39 is 11.8 Å². The minimum Gasteiger partial charge on any atom is -0.508 e. The second kappa shape index (κ2) is 7.03. The summed E-state index contributed by atoms with van der Waals surface area (Å²) in [5.74, 6) is -1.52. The molecule has 0 spiro atoms. The molecule has 0 aliphatic heterocycles. The van der Waals surface area contributed by atoms with E-state index in [-0.39, 0.29) is 5.75 Å². The molecule has 0 atom stereocenters. The van der Waals surface area contributed by atoms with E-state index in [2.05, 4.69) is 15.8 Å². The number of nitrogens with one attached hydrogen (secondary N) is 2. The van der Waals surface area contributed by atoms with Gasteiger partial charge in [0.1, 0.15) is 5.75 Å². The molecule has 112 valence electrons. The van der Waals surface area contributed by atoms with Gasteiger partial charge in [-0.15, -0.1) is 0 Å². The lowest BCUT2D eigenvalue weighted by molar-refractivity contribution is -0.136. The Labute approximate surface area is 127 Å². The van der Waals surface area contributed by atoms with Gasteiger partial charge >= 0.3 is 11.8 Å². The fourth-order valence-electron chi connectivity index (χ4n) is 1.69. The number of hydrazone groups is 1.